The Kier molecular flexibility index (Phi) is 5.71. The summed E-state index contributed by atoms with van der Waals surface area (Å²) in [5.74, 6) is 1.42. The van der Waals surface area contributed by atoms with Crippen LogP contribution in [0.15, 0.2) is 72.8 Å². The molecule has 0 radical (unpaired) electrons. The largest absolute Gasteiger partial charge is 0.497 e. The maximum Gasteiger partial charge on any atom is 0.323 e. The van der Waals surface area contributed by atoms with Gasteiger partial charge >= 0.3 is 6.03 Å². The molecule has 2 amide bonds. The van der Waals surface area contributed by atoms with Gasteiger partial charge in [0, 0.05) is 28.4 Å². The molecule has 0 bridgehead atoms. The number of anilines is 2. The van der Waals surface area contributed by atoms with Crippen molar-refractivity contribution >= 4 is 28.3 Å². The third-order valence-corrected chi connectivity index (χ3v) is 4.91. The number of hydrogen-bond acceptors (Lipinski definition) is 4. The number of carbonyl (C=O) groups excluding carboxylic acids is 1. The van der Waals surface area contributed by atoms with Crippen LogP contribution in [0.1, 0.15) is 5.56 Å². The highest BCUT2D eigenvalue weighted by atomic mass is 16.5. The predicted octanol–water partition coefficient (Wildman–Crippen LogP) is 5.87. The minimum Gasteiger partial charge on any atom is -0.497 e. The number of benzene rings is 3. The summed E-state index contributed by atoms with van der Waals surface area (Å²) in [7, 11) is 3.23. The average Bonchev–Trinajstić information content (AvgIpc) is 2.78. The van der Waals surface area contributed by atoms with E-state index in [0.717, 1.165) is 27.9 Å². The number of pyridine rings is 1. The Morgan fingerprint density at radius 2 is 1.58 bits per heavy atom. The van der Waals surface area contributed by atoms with Crippen molar-refractivity contribution in [1.29, 1.82) is 0 Å². The SMILES string of the molecule is COc1ccc(NC(=O)Nc2ccc3nc(-c4cccc(C)c4)cc(OC)c3c2)cc1. The molecule has 6 heteroatoms. The first kappa shape index (κ1) is 20.2. The van der Waals surface area contributed by atoms with Gasteiger partial charge in [0.05, 0.1) is 25.4 Å². The first-order valence-electron chi connectivity index (χ1n) is 9.83. The van der Waals surface area contributed by atoms with Crippen LogP contribution in [0.5, 0.6) is 11.5 Å². The van der Waals surface area contributed by atoms with Gasteiger partial charge in [-0.1, -0.05) is 23.8 Å². The maximum absolute atomic E-state index is 12.4. The molecule has 0 atom stereocenters. The van der Waals surface area contributed by atoms with Gasteiger partial charge in [0.15, 0.2) is 0 Å². The van der Waals surface area contributed by atoms with Crippen molar-refractivity contribution in [2.75, 3.05) is 24.9 Å². The topological polar surface area (TPSA) is 72.5 Å². The van der Waals surface area contributed by atoms with Crippen LogP contribution in [0.3, 0.4) is 0 Å². The Bertz CT molecular complexity index is 1240. The summed E-state index contributed by atoms with van der Waals surface area (Å²) in [5, 5.41) is 6.47. The van der Waals surface area contributed by atoms with E-state index in [4.69, 9.17) is 14.5 Å². The van der Waals surface area contributed by atoms with Crippen LogP contribution in [-0.2, 0) is 0 Å². The van der Waals surface area contributed by atoms with E-state index < -0.39 is 0 Å². The number of methoxy groups -OCH3 is 2. The zero-order valence-corrected chi connectivity index (χ0v) is 17.6. The molecule has 1 heterocycles. The molecular weight excluding hydrogens is 390 g/mol. The fourth-order valence-corrected chi connectivity index (χ4v) is 3.36. The highest BCUT2D eigenvalue weighted by Gasteiger charge is 2.11. The summed E-state index contributed by atoms with van der Waals surface area (Å²) in [6.45, 7) is 2.05. The van der Waals surface area contributed by atoms with Crippen LogP contribution >= 0.6 is 0 Å². The molecular formula is C25H23N3O3. The molecule has 0 saturated heterocycles. The number of carbonyl (C=O) groups is 1. The fraction of sp³-hybridized carbons (Fsp3) is 0.120. The minimum atomic E-state index is -0.340. The molecule has 4 aromatic rings. The average molecular weight is 413 g/mol. The van der Waals surface area contributed by atoms with Gasteiger partial charge in [-0.3, -0.25) is 0 Å². The van der Waals surface area contributed by atoms with Crippen LogP contribution in [-0.4, -0.2) is 25.2 Å². The van der Waals surface area contributed by atoms with Gasteiger partial charge < -0.3 is 20.1 Å². The number of urea groups is 1. The van der Waals surface area contributed by atoms with Crippen LogP contribution in [0.2, 0.25) is 0 Å². The van der Waals surface area contributed by atoms with Crippen molar-refractivity contribution in [3.63, 3.8) is 0 Å². The minimum absolute atomic E-state index is 0.340. The Labute approximate surface area is 180 Å². The number of ether oxygens (including phenoxy) is 2. The molecule has 0 aliphatic heterocycles. The first-order chi connectivity index (χ1) is 15.1. The molecule has 0 saturated carbocycles. The van der Waals surface area contributed by atoms with Crippen molar-refractivity contribution in [3.8, 4) is 22.8 Å². The van der Waals surface area contributed by atoms with Gasteiger partial charge in [-0.2, -0.15) is 0 Å². The number of amides is 2. The third-order valence-electron chi connectivity index (χ3n) is 4.91. The number of fused-ring (bicyclic) bond motifs is 1. The molecule has 3 aromatic carbocycles. The summed E-state index contributed by atoms with van der Waals surface area (Å²) in [6.07, 6.45) is 0. The van der Waals surface area contributed by atoms with Crippen LogP contribution in [0.25, 0.3) is 22.2 Å². The predicted molar refractivity (Wildman–Crippen MR) is 124 cm³/mol. The number of aryl methyl sites for hydroxylation is 1. The summed E-state index contributed by atoms with van der Waals surface area (Å²) in [5.41, 5.74) is 5.13. The van der Waals surface area contributed by atoms with E-state index in [1.807, 2.05) is 36.4 Å². The zero-order valence-electron chi connectivity index (χ0n) is 17.6. The number of nitrogens with zero attached hydrogens (tertiary/aromatic N) is 1. The van der Waals surface area contributed by atoms with Gasteiger partial charge in [-0.25, -0.2) is 9.78 Å². The van der Waals surface area contributed by atoms with Crippen LogP contribution < -0.4 is 20.1 Å². The second-order valence-corrected chi connectivity index (χ2v) is 7.12. The monoisotopic (exact) mass is 413 g/mol. The van der Waals surface area contributed by atoms with Crippen molar-refractivity contribution in [2.24, 2.45) is 0 Å². The Balaban J connectivity index is 1.58. The van der Waals surface area contributed by atoms with E-state index in [2.05, 4.69) is 29.7 Å². The van der Waals surface area contributed by atoms with Crippen molar-refractivity contribution in [1.82, 2.24) is 4.98 Å². The number of aromatic nitrogens is 1. The highest BCUT2D eigenvalue weighted by molar-refractivity contribution is 6.01. The van der Waals surface area contributed by atoms with E-state index in [0.29, 0.717) is 17.1 Å². The smallest absolute Gasteiger partial charge is 0.323 e. The van der Waals surface area contributed by atoms with Crippen molar-refractivity contribution in [3.05, 3.63) is 78.4 Å². The number of nitrogens with one attached hydrogen (secondary N) is 2. The molecule has 0 fully saturated rings. The normalized spacial score (nSPS) is 10.5. The Hall–Kier alpha value is -4.06. The maximum atomic E-state index is 12.4. The van der Waals surface area contributed by atoms with Gasteiger partial charge in [0.1, 0.15) is 11.5 Å². The molecule has 31 heavy (non-hydrogen) atoms. The highest BCUT2D eigenvalue weighted by Crippen LogP contribution is 2.32. The molecule has 6 nitrogen and oxygen atoms in total. The molecule has 2 N–H and O–H groups in total. The van der Waals surface area contributed by atoms with E-state index in [9.17, 15) is 4.79 Å². The van der Waals surface area contributed by atoms with Gasteiger partial charge in [0.25, 0.3) is 0 Å². The molecule has 156 valence electrons. The third kappa shape index (κ3) is 4.59. The molecule has 0 unspecified atom stereocenters. The summed E-state index contributed by atoms with van der Waals surface area (Å²) < 4.78 is 10.7. The van der Waals surface area contributed by atoms with Crippen LogP contribution in [0.4, 0.5) is 16.2 Å². The van der Waals surface area contributed by atoms with E-state index >= 15 is 0 Å². The quantitative estimate of drug-likeness (QED) is 0.429. The Morgan fingerprint density at radius 3 is 2.29 bits per heavy atom. The standard InChI is InChI=1S/C25H23N3O3/c1-16-5-4-6-17(13-16)23-15-24(31-3)21-14-19(9-12-22(21)28-23)27-25(29)26-18-7-10-20(30-2)11-8-18/h4-15H,1-3H3,(H2,26,27,29). The summed E-state index contributed by atoms with van der Waals surface area (Å²) >= 11 is 0. The van der Waals surface area contributed by atoms with E-state index in [1.54, 1.807) is 38.5 Å². The molecule has 4 rings (SSSR count). The molecule has 0 spiro atoms. The number of hydrogen-bond donors (Lipinski definition) is 2. The molecule has 1 aromatic heterocycles. The van der Waals surface area contributed by atoms with Crippen molar-refractivity contribution in [2.45, 2.75) is 6.92 Å². The van der Waals surface area contributed by atoms with Gasteiger partial charge in [0.2, 0.25) is 0 Å². The molecule has 0 aliphatic rings. The fourth-order valence-electron chi connectivity index (χ4n) is 3.36. The lowest BCUT2D eigenvalue weighted by molar-refractivity contribution is 0.262. The van der Waals surface area contributed by atoms with E-state index in [-0.39, 0.29) is 6.03 Å². The molecule has 0 aliphatic carbocycles. The first-order valence-corrected chi connectivity index (χ1v) is 9.83. The second kappa shape index (κ2) is 8.75. The zero-order chi connectivity index (χ0) is 21.8. The van der Waals surface area contributed by atoms with Crippen LogP contribution in [0, 0.1) is 6.92 Å². The summed E-state index contributed by atoms with van der Waals surface area (Å²) in [4.78, 5) is 17.2. The summed E-state index contributed by atoms with van der Waals surface area (Å²) in [6, 6.07) is 22.4. The number of rotatable bonds is 5. The van der Waals surface area contributed by atoms with Gasteiger partial charge in [-0.05, 0) is 55.5 Å². The van der Waals surface area contributed by atoms with Gasteiger partial charge in [-0.15, -0.1) is 0 Å². The van der Waals surface area contributed by atoms with E-state index in [1.165, 1.54) is 5.56 Å². The lowest BCUT2D eigenvalue weighted by Crippen LogP contribution is -2.19. The lowest BCUT2D eigenvalue weighted by Gasteiger charge is -2.12. The lowest BCUT2D eigenvalue weighted by atomic mass is 10.1. The second-order valence-electron chi connectivity index (χ2n) is 7.12. The van der Waals surface area contributed by atoms with Crippen molar-refractivity contribution < 1.29 is 14.3 Å². The Morgan fingerprint density at radius 1 is 0.839 bits per heavy atom.